The molecule has 1 aliphatic carbocycles. The molecule has 4 N–H and O–H groups in total. The average molecular weight is 475 g/mol. The number of rotatable bonds is 10. The van der Waals surface area contributed by atoms with E-state index in [2.05, 4.69) is 32.8 Å². The predicted molar refractivity (Wildman–Crippen MR) is 140 cm³/mol. The highest BCUT2D eigenvalue weighted by atomic mass is 16.3. The van der Waals surface area contributed by atoms with Crippen molar-refractivity contribution in [3.63, 3.8) is 0 Å². The summed E-state index contributed by atoms with van der Waals surface area (Å²) in [6.45, 7) is 3.76. The van der Waals surface area contributed by atoms with Gasteiger partial charge < -0.3 is 21.1 Å². The van der Waals surface area contributed by atoms with Crippen LogP contribution in [0.3, 0.4) is 0 Å². The number of amides is 1. The number of pyridine rings is 1. The molecule has 2 aromatic heterocycles. The molecule has 0 atom stereocenters. The van der Waals surface area contributed by atoms with Crippen molar-refractivity contribution in [2.45, 2.75) is 51.6 Å². The second-order valence-electron chi connectivity index (χ2n) is 9.04. The molecule has 0 saturated heterocycles. The van der Waals surface area contributed by atoms with Crippen LogP contribution < -0.4 is 16.0 Å². The predicted octanol–water partition coefficient (Wildman–Crippen LogP) is 4.97. The van der Waals surface area contributed by atoms with Gasteiger partial charge in [0.05, 0.1) is 29.2 Å². The second kappa shape index (κ2) is 12.3. The summed E-state index contributed by atoms with van der Waals surface area (Å²) in [5.74, 6) is 1.65. The molecule has 1 fully saturated rings. The normalized spacial score (nSPS) is 17.5. The number of hydrogen-bond donors (Lipinski definition) is 4. The van der Waals surface area contributed by atoms with Crippen molar-refractivity contribution >= 4 is 23.4 Å². The lowest BCUT2D eigenvalue weighted by Gasteiger charge is -2.26. The Bertz CT molecular complexity index is 1080. The van der Waals surface area contributed by atoms with E-state index in [9.17, 15) is 9.90 Å². The van der Waals surface area contributed by atoms with Gasteiger partial charge in [0.15, 0.2) is 0 Å². The minimum atomic E-state index is -0.175. The Labute approximate surface area is 206 Å². The van der Waals surface area contributed by atoms with Crippen LogP contribution in [-0.2, 0) is 0 Å². The summed E-state index contributed by atoms with van der Waals surface area (Å²) in [5, 5.41) is 19.5. The average Bonchev–Trinajstić information content (AvgIpc) is 2.90. The fraction of sp³-hybridized carbons (Fsp3) is 0.407. The van der Waals surface area contributed by atoms with Gasteiger partial charge >= 0.3 is 0 Å². The van der Waals surface area contributed by atoms with Crippen molar-refractivity contribution < 1.29 is 9.90 Å². The lowest BCUT2D eigenvalue weighted by Crippen LogP contribution is -2.24. The van der Waals surface area contributed by atoms with Crippen molar-refractivity contribution in [1.29, 1.82) is 0 Å². The zero-order chi connectivity index (χ0) is 24.5. The number of aliphatic hydroxyl groups excluding tert-OH is 1. The van der Waals surface area contributed by atoms with Gasteiger partial charge in [0.1, 0.15) is 5.82 Å². The topological polar surface area (TPSA) is 112 Å². The van der Waals surface area contributed by atoms with Crippen LogP contribution in [0.5, 0.6) is 0 Å². The first-order chi connectivity index (χ1) is 17.1. The van der Waals surface area contributed by atoms with Gasteiger partial charge in [-0.1, -0.05) is 31.5 Å². The van der Waals surface area contributed by atoms with E-state index in [1.54, 1.807) is 24.5 Å². The smallest absolute Gasteiger partial charge is 0.255 e. The Morgan fingerprint density at radius 1 is 1.00 bits per heavy atom. The highest BCUT2D eigenvalue weighted by molar-refractivity contribution is 6.04. The summed E-state index contributed by atoms with van der Waals surface area (Å²) in [7, 11) is 0. The Hall–Kier alpha value is -3.52. The van der Waals surface area contributed by atoms with E-state index >= 15 is 0 Å². The molecular formula is C27H34N6O2. The van der Waals surface area contributed by atoms with Gasteiger partial charge in [-0.2, -0.15) is 4.98 Å². The number of anilines is 3. The monoisotopic (exact) mass is 474 g/mol. The number of unbranched alkanes of at least 4 members (excludes halogenated alkanes) is 1. The molecule has 1 amide bonds. The van der Waals surface area contributed by atoms with E-state index in [1.165, 1.54) is 0 Å². The Balaban J connectivity index is 1.48. The fourth-order valence-electron chi connectivity index (χ4n) is 4.18. The molecule has 3 aromatic rings. The van der Waals surface area contributed by atoms with E-state index in [1.807, 2.05) is 30.3 Å². The summed E-state index contributed by atoms with van der Waals surface area (Å²) < 4.78 is 0. The van der Waals surface area contributed by atoms with Crippen LogP contribution in [0, 0.1) is 5.92 Å². The lowest BCUT2D eigenvalue weighted by molar-refractivity contribution is 0.102. The summed E-state index contributed by atoms with van der Waals surface area (Å²) in [6, 6.07) is 12.8. The molecule has 0 aliphatic heterocycles. The van der Waals surface area contributed by atoms with E-state index < -0.39 is 0 Å². The third-order valence-electron chi connectivity index (χ3n) is 6.31. The van der Waals surface area contributed by atoms with Crippen LogP contribution in [0.15, 0.2) is 54.9 Å². The largest absolute Gasteiger partial charge is 0.393 e. The number of aromatic nitrogens is 3. The van der Waals surface area contributed by atoms with Crippen molar-refractivity contribution in [3.05, 3.63) is 60.4 Å². The lowest BCUT2D eigenvalue weighted by atomic mass is 9.87. The highest BCUT2D eigenvalue weighted by Gasteiger charge is 2.20. The molecule has 1 saturated carbocycles. The number of nitrogens with one attached hydrogen (secondary N) is 3. The van der Waals surface area contributed by atoms with Gasteiger partial charge in [-0.15, -0.1) is 0 Å². The summed E-state index contributed by atoms with van der Waals surface area (Å²) in [5.41, 5.74) is 2.75. The quantitative estimate of drug-likeness (QED) is 0.307. The number of nitrogens with zero attached hydrogens (tertiary/aromatic N) is 3. The standard InChI is InChI=1S/C27H34N6O2/c1-2-3-15-28-27-31-18-23(25(33-27)30-16-19-9-12-22(34)13-10-19)24-14-11-21(17-29-24)32-26(35)20-7-5-4-6-8-20/h4-8,11,14,17-19,22,34H,2-3,9-10,12-13,15-16H2,1H3,(H,32,35)(H2,28,30,31,33). The van der Waals surface area contributed by atoms with Crippen molar-refractivity contribution in [3.8, 4) is 11.3 Å². The maximum atomic E-state index is 12.4. The van der Waals surface area contributed by atoms with Gasteiger partial charge in [-0.25, -0.2) is 4.98 Å². The van der Waals surface area contributed by atoms with Crippen LogP contribution in [0.4, 0.5) is 17.5 Å². The van der Waals surface area contributed by atoms with E-state index in [4.69, 9.17) is 4.98 Å². The van der Waals surface area contributed by atoms with Crippen molar-refractivity contribution in [1.82, 2.24) is 15.0 Å². The zero-order valence-corrected chi connectivity index (χ0v) is 20.2. The Morgan fingerprint density at radius 3 is 2.51 bits per heavy atom. The number of carbonyl (C=O) groups excluding carboxylic acids is 1. The number of hydrogen-bond acceptors (Lipinski definition) is 7. The summed E-state index contributed by atoms with van der Waals surface area (Å²) in [4.78, 5) is 26.2. The fourth-order valence-corrected chi connectivity index (χ4v) is 4.18. The minimum absolute atomic E-state index is 0.166. The third-order valence-corrected chi connectivity index (χ3v) is 6.31. The Morgan fingerprint density at radius 2 is 1.80 bits per heavy atom. The first kappa shape index (κ1) is 24.6. The molecule has 0 unspecified atom stereocenters. The third kappa shape index (κ3) is 6.99. The SMILES string of the molecule is CCCCNc1ncc(-c2ccc(NC(=O)c3ccccc3)cn2)c(NCC2CCC(O)CC2)n1. The molecule has 1 aromatic carbocycles. The molecule has 8 nitrogen and oxygen atoms in total. The molecule has 184 valence electrons. The molecule has 0 bridgehead atoms. The minimum Gasteiger partial charge on any atom is -0.393 e. The molecule has 1 aliphatic rings. The molecule has 2 heterocycles. The Kier molecular flexibility index (Phi) is 8.62. The summed E-state index contributed by atoms with van der Waals surface area (Å²) >= 11 is 0. The molecule has 35 heavy (non-hydrogen) atoms. The van der Waals surface area contributed by atoms with Gasteiger partial charge in [0, 0.05) is 24.8 Å². The van der Waals surface area contributed by atoms with Crippen molar-refractivity contribution in [2.75, 3.05) is 29.0 Å². The molecule has 4 rings (SSSR count). The highest BCUT2D eigenvalue weighted by Crippen LogP contribution is 2.29. The van der Waals surface area contributed by atoms with Gasteiger partial charge in [0.25, 0.3) is 5.91 Å². The molecule has 8 heteroatoms. The first-order valence-electron chi connectivity index (χ1n) is 12.5. The molecule has 0 radical (unpaired) electrons. The van der Waals surface area contributed by atoms with Gasteiger partial charge in [-0.05, 0) is 62.3 Å². The summed E-state index contributed by atoms with van der Waals surface area (Å²) in [6.07, 6.45) is 9.13. The molecular weight excluding hydrogens is 440 g/mol. The van der Waals surface area contributed by atoms with Crippen LogP contribution >= 0.6 is 0 Å². The zero-order valence-electron chi connectivity index (χ0n) is 20.2. The molecule has 0 spiro atoms. The number of benzene rings is 1. The van der Waals surface area contributed by atoms with Crippen LogP contribution in [0.2, 0.25) is 0 Å². The van der Waals surface area contributed by atoms with Crippen LogP contribution in [0.1, 0.15) is 55.8 Å². The van der Waals surface area contributed by atoms with Crippen LogP contribution in [-0.4, -0.2) is 45.2 Å². The number of aliphatic hydroxyl groups is 1. The first-order valence-corrected chi connectivity index (χ1v) is 12.5. The van der Waals surface area contributed by atoms with Crippen LogP contribution in [0.25, 0.3) is 11.3 Å². The maximum absolute atomic E-state index is 12.4. The van der Waals surface area contributed by atoms with Gasteiger partial charge in [-0.3, -0.25) is 9.78 Å². The second-order valence-corrected chi connectivity index (χ2v) is 9.04. The van der Waals surface area contributed by atoms with E-state index in [-0.39, 0.29) is 12.0 Å². The maximum Gasteiger partial charge on any atom is 0.255 e. The van der Waals surface area contributed by atoms with Gasteiger partial charge in [0.2, 0.25) is 5.95 Å². The van der Waals surface area contributed by atoms with Crippen molar-refractivity contribution in [2.24, 2.45) is 5.92 Å². The number of carbonyl (C=O) groups is 1. The van der Waals surface area contributed by atoms with E-state index in [0.29, 0.717) is 23.1 Å². The van der Waals surface area contributed by atoms with E-state index in [0.717, 1.165) is 68.7 Å².